The molecule has 108 valence electrons. The molecule has 3 heterocycles. The van der Waals surface area contributed by atoms with Gasteiger partial charge in [0, 0.05) is 30.4 Å². The minimum atomic E-state index is -0.104. The molecule has 0 bridgehead atoms. The van der Waals surface area contributed by atoms with Crippen molar-refractivity contribution in [1.82, 2.24) is 19.2 Å². The number of thiazole rings is 1. The van der Waals surface area contributed by atoms with Crippen molar-refractivity contribution >= 4 is 22.0 Å². The van der Waals surface area contributed by atoms with Gasteiger partial charge in [0.15, 0.2) is 4.96 Å². The molecule has 3 aromatic heterocycles. The lowest BCUT2D eigenvalue weighted by molar-refractivity contribution is 0.630. The summed E-state index contributed by atoms with van der Waals surface area (Å²) in [5, 5.41) is 9.47. The lowest BCUT2D eigenvalue weighted by atomic mass is 10.4. The summed E-state index contributed by atoms with van der Waals surface area (Å²) in [5.41, 5.74) is 1.54. The zero-order valence-electron chi connectivity index (χ0n) is 11.4. The highest BCUT2D eigenvalue weighted by Gasteiger charge is 2.20. The number of hydrogen-bond donors (Lipinski definition) is 1. The zero-order chi connectivity index (χ0) is 14.2. The quantitative estimate of drug-likeness (QED) is 0.781. The monoisotopic (exact) mass is 301 g/mol. The van der Waals surface area contributed by atoms with E-state index in [4.69, 9.17) is 0 Å². The molecule has 1 aliphatic rings. The first kappa shape index (κ1) is 12.6. The fourth-order valence-electron chi connectivity index (χ4n) is 2.24. The molecule has 0 spiro atoms. The maximum absolute atomic E-state index is 12.1. The summed E-state index contributed by atoms with van der Waals surface area (Å²) in [7, 11) is 0. The molecule has 0 unspecified atom stereocenters. The van der Waals surface area contributed by atoms with Gasteiger partial charge in [-0.2, -0.15) is 5.10 Å². The van der Waals surface area contributed by atoms with Crippen molar-refractivity contribution < 1.29 is 0 Å². The van der Waals surface area contributed by atoms with Gasteiger partial charge in [0.25, 0.3) is 5.56 Å². The minimum Gasteiger partial charge on any atom is -0.383 e. The fraction of sp³-hybridized carbons (Fsp3) is 0.357. The van der Waals surface area contributed by atoms with Gasteiger partial charge >= 0.3 is 0 Å². The molecular formula is C14H15N5OS. The Bertz CT molecular complexity index is 801. The van der Waals surface area contributed by atoms with Gasteiger partial charge in [0.1, 0.15) is 0 Å². The lowest BCUT2D eigenvalue weighted by Crippen LogP contribution is -2.23. The van der Waals surface area contributed by atoms with Crippen LogP contribution in [0.3, 0.4) is 0 Å². The molecule has 1 saturated carbocycles. The summed E-state index contributed by atoms with van der Waals surface area (Å²) in [6.07, 6.45) is 8.17. The number of fused-ring (bicyclic) bond motifs is 1. The molecule has 0 radical (unpaired) electrons. The van der Waals surface area contributed by atoms with Crippen molar-refractivity contribution in [2.45, 2.75) is 19.4 Å². The number of aromatic nitrogens is 4. The number of imidazole rings is 1. The van der Waals surface area contributed by atoms with Crippen LogP contribution in [0.5, 0.6) is 0 Å². The first-order chi connectivity index (χ1) is 10.3. The third-order valence-corrected chi connectivity index (χ3v) is 4.39. The fourth-order valence-corrected chi connectivity index (χ4v) is 2.96. The van der Waals surface area contributed by atoms with Crippen LogP contribution in [0.25, 0.3) is 4.96 Å². The zero-order valence-corrected chi connectivity index (χ0v) is 12.2. The number of hydrogen-bond acceptors (Lipinski definition) is 5. The molecule has 0 saturated heterocycles. The Hall–Kier alpha value is -2.15. The van der Waals surface area contributed by atoms with Gasteiger partial charge < -0.3 is 5.32 Å². The van der Waals surface area contributed by atoms with Crippen LogP contribution in [0, 0.1) is 5.92 Å². The van der Waals surface area contributed by atoms with Gasteiger partial charge in [-0.15, -0.1) is 11.3 Å². The number of nitrogens with one attached hydrogen (secondary N) is 1. The lowest BCUT2D eigenvalue weighted by Gasteiger charge is -2.06. The highest BCUT2D eigenvalue weighted by Crippen LogP contribution is 2.28. The van der Waals surface area contributed by atoms with E-state index < -0.39 is 0 Å². The van der Waals surface area contributed by atoms with Crippen LogP contribution in [0.1, 0.15) is 18.5 Å². The molecule has 0 amide bonds. The topological polar surface area (TPSA) is 64.2 Å². The van der Waals surface area contributed by atoms with Crippen molar-refractivity contribution in [1.29, 1.82) is 0 Å². The number of anilines is 1. The summed E-state index contributed by atoms with van der Waals surface area (Å²) in [4.78, 5) is 17.5. The maximum atomic E-state index is 12.1. The third-order valence-electron chi connectivity index (χ3n) is 3.62. The van der Waals surface area contributed by atoms with Gasteiger partial charge in [-0.25, -0.2) is 9.67 Å². The molecule has 7 heteroatoms. The van der Waals surface area contributed by atoms with E-state index >= 15 is 0 Å². The van der Waals surface area contributed by atoms with E-state index in [1.807, 2.05) is 22.2 Å². The van der Waals surface area contributed by atoms with Crippen LogP contribution in [-0.4, -0.2) is 25.7 Å². The van der Waals surface area contributed by atoms with Gasteiger partial charge in [0.2, 0.25) is 0 Å². The van der Waals surface area contributed by atoms with Crippen LogP contribution in [-0.2, 0) is 6.54 Å². The Kier molecular flexibility index (Phi) is 2.99. The summed E-state index contributed by atoms with van der Waals surface area (Å²) in [5.74, 6) is 0.769. The van der Waals surface area contributed by atoms with E-state index in [0.717, 1.165) is 28.8 Å². The molecule has 0 aliphatic heterocycles. The SMILES string of the molecule is O=c1cc(NCC2CC2)cnn1Cc1cn2ccsc2n1. The van der Waals surface area contributed by atoms with Crippen LogP contribution in [0.2, 0.25) is 0 Å². The van der Waals surface area contributed by atoms with Gasteiger partial charge in [-0.3, -0.25) is 9.20 Å². The van der Waals surface area contributed by atoms with Crippen molar-refractivity contribution in [2.75, 3.05) is 11.9 Å². The van der Waals surface area contributed by atoms with E-state index in [0.29, 0.717) is 6.54 Å². The minimum absolute atomic E-state index is 0.104. The van der Waals surface area contributed by atoms with Crippen LogP contribution < -0.4 is 10.9 Å². The largest absolute Gasteiger partial charge is 0.383 e. The van der Waals surface area contributed by atoms with Crippen LogP contribution in [0.4, 0.5) is 5.69 Å². The number of nitrogens with zero attached hydrogens (tertiary/aromatic N) is 4. The second-order valence-electron chi connectivity index (χ2n) is 5.39. The second kappa shape index (κ2) is 5.00. The smallest absolute Gasteiger partial charge is 0.269 e. The van der Waals surface area contributed by atoms with Gasteiger partial charge in [-0.05, 0) is 18.8 Å². The highest BCUT2D eigenvalue weighted by molar-refractivity contribution is 7.15. The van der Waals surface area contributed by atoms with E-state index in [1.54, 1.807) is 23.6 Å². The first-order valence-corrected chi connectivity index (χ1v) is 7.88. The Labute approximate surface area is 125 Å². The molecule has 1 aliphatic carbocycles. The van der Waals surface area contributed by atoms with Crippen LogP contribution >= 0.6 is 11.3 Å². The summed E-state index contributed by atoms with van der Waals surface area (Å²) in [6.45, 7) is 1.33. The molecule has 0 atom stereocenters. The van der Waals surface area contributed by atoms with Crippen molar-refractivity contribution in [2.24, 2.45) is 5.92 Å². The van der Waals surface area contributed by atoms with E-state index in [9.17, 15) is 4.79 Å². The standard InChI is InChI=1S/C14H15N5OS/c20-13-5-11(15-6-10-1-2-10)7-16-19(13)9-12-8-18-3-4-21-14(18)17-12/h3-5,7-8,10,15H,1-2,6,9H2. The Morgan fingerprint density at radius 2 is 2.33 bits per heavy atom. The Morgan fingerprint density at radius 1 is 1.43 bits per heavy atom. The number of rotatable bonds is 5. The Balaban J connectivity index is 1.51. The third kappa shape index (κ3) is 2.69. The highest BCUT2D eigenvalue weighted by atomic mass is 32.1. The first-order valence-electron chi connectivity index (χ1n) is 7.00. The normalized spacial score (nSPS) is 14.7. The molecule has 21 heavy (non-hydrogen) atoms. The molecule has 0 aromatic carbocycles. The molecule has 1 N–H and O–H groups in total. The van der Waals surface area contributed by atoms with E-state index in [1.165, 1.54) is 17.5 Å². The van der Waals surface area contributed by atoms with Crippen molar-refractivity contribution in [3.05, 3.63) is 46.1 Å². The second-order valence-corrected chi connectivity index (χ2v) is 6.26. The molecule has 1 fully saturated rings. The van der Waals surface area contributed by atoms with E-state index in [-0.39, 0.29) is 5.56 Å². The van der Waals surface area contributed by atoms with Crippen LogP contribution in [0.15, 0.2) is 34.8 Å². The van der Waals surface area contributed by atoms with Crippen molar-refractivity contribution in [3.63, 3.8) is 0 Å². The van der Waals surface area contributed by atoms with Gasteiger partial charge in [0.05, 0.1) is 24.1 Å². The predicted molar refractivity (Wildman–Crippen MR) is 81.9 cm³/mol. The maximum Gasteiger partial charge on any atom is 0.269 e. The van der Waals surface area contributed by atoms with Crippen molar-refractivity contribution in [3.8, 4) is 0 Å². The average Bonchev–Trinajstić information content (AvgIpc) is 3.07. The Morgan fingerprint density at radius 3 is 3.10 bits per heavy atom. The molecule has 6 nitrogen and oxygen atoms in total. The summed E-state index contributed by atoms with van der Waals surface area (Å²) in [6, 6.07) is 1.60. The van der Waals surface area contributed by atoms with Gasteiger partial charge in [-0.1, -0.05) is 0 Å². The predicted octanol–water partition coefficient (Wildman–Crippen LogP) is 1.82. The summed E-state index contributed by atoms with van der Waals surface area (Å²) >= 11 is 1.57. The summed E-state index contributed by atoms with van der Waals surface area (Å²) < 4.78 is 3.39. The van der Waals surface area contributed by atoms with E-state index in [2.05, 4.69) is 15.4 Å². The molecule has 3 aromatic rings. The molecular weight excluding hydrogens is 286 g/mol. The molecule has 4 rings (SSSR count). The average molecular weight is 301 g/mol.